The maximum Gasteiger partial charge on any atom is 0.231 e. The number of hydrogen-bond acceptors (Lipinski definition) is 6. The minimum Gasteiger partial charge on any atom is -0.454 e. The minimum atomic E-state index is 0.251. The van der Waals surface area contributed by atoms with Crippen LogP contribution in [0.4, 0.5) is 0 Å². The molecule has 22 heavy (non-hydrogen) atoms. The molecule has 0 radical (unpaired) electrons. The van der Waals surface area contributed by atoms with Crippen molar-refractivity contribution in [1.82, 2.24) is 19.9 Å². The topological polar surface area (TPSA) is 75.2 Å². The van der Waals surface area contributed by atoms with Crippen molar-refractivity contribution in [3.63, 3.8) is 0 Å². The summed E-state index contributed by atoms with van der Waals surface area (Å²) in [6.07, 6.45) is 3.26. The minimum absolute atomic E-state index is 0.251. The number of hydrogen-bond donors (Lipinski definition) is 0. The quantitative estimate of drug-likeness (QED) is 0.733. The van der Waals surface area contributed by atoms with Crippen molar-refractivity contribution in [3.8, 4) is 22.9 Å². The Morgan fingerprint density at radius 3 is 2.91 bits per heavy atom. The second-order valence-corrected chi connectivity index (χ2v) is 5.03. The third-order valence-electron chi connectivity index (χ3n) is 3.62. The van der Waals surface area contributed by atoms with Gasteiger partial charge in [-0.3, -0.25) is 4.68 Å². The first kappa shape index (κ1) is 12.9. The van der Waals surface area contributed by atoms with Crippen molar-refractivity contribution in [2.45, 2.75) is 12.8 Å². The third-order valence-corrected chi connectivity index (χ3v) is 3.62. The monoisotopic (exact) mass is 298 g/mol. The summed E-state index contributed by atoms with van der Waals surface area (Å²) < 4.78 is 17.8. The van der Waals surface area contributed by atoms with Gasteiger partial charge in [0.2, 0.25) is 18.5 Å². The fourth-order valence-electron chi connectivity index (χ4n) is 2.39. The number of rotatable bonds is 4. The molecule has 3 aromatic rings. The zero-order chi connectivity index (χ0) is 14.9. The molecule has 4 rings (SSSR count). The zero-order valence-corrected chi connectivity index (χ0v) is 12.0. The van der Waals surface area contributed by atoms with E-state index in [1.165, 1.54) is 0 Å². The zero-order valence-electron chi connectivity index (χ0n) is 12.0. The standard InChI is InChI=1S/C15H14N4O3/c1-19-11(6-7-16-19)3-5-14-17-15(18-22-14)10-2-4-12-13(8-10)21-9-20-12/h2,4,6-8H,3,5,9H2,1H3. The molecule has 0 atom stereocenters. The molecule has 0 spiro atoms. The molecule has 1 aromatic carbocycles. The Hall–Kier alpha value is -2.83. The Morgan fingerprint density at radius 2 is 2.05 bits per heavy atom. The lowest BCUT2D eigenvalue weighted by Crippen LogP contribution is -2.00. The van der Waals surface area contributed by atoms with Crippen LogP contribution in [0.1, 0.15) is 11.6 Å². The van der Waals surface area contributed by atoms with Gasteiger partial charge >= 0.3 is 0 Å². The first-order valence-electron chi connectivity index (χ1n) is 6.99. The Bertz CT molecular complexity index is 809. The van der Waals surface area contributed by atoms with Crippen molar-refractivity contribution in [2.24, 2.45) is 7.05 Å². The lowest BCUT2D eigenvalue weighted by molar-refractivity contribution is 0.174. The van der Waals surface area contributed by atoms with Gasteiger partial charge in [-0.2, -0.15) is 10.1 Å². The summed E-state index contributed by atoms with van der Waals surface area (Å²) in [5.41, 5.74) is 1.97. The van der Waals surface area contributed by atoms with Gasteiger partial charge in [0.25, 0.3) is 0 Å². The molecule has 0 saturated carbocycles. The molecule has 0 amide bonds. The summed E-state index contributed by atoms with van der Waals surface area (Å²) >= 11 is 0. The van der Waals surface area contributed by atoms with Crippen LogP contribution in [0.25, 0.3) is 11.4 Å². The predicted molar refractivity (Wildman–Crippen MR) is 76.5 cm³/mol. The Morgan fingerprint density at radius 1 is 1.14 bits per heavy atom. The second kappa shape index (κ2) is 5.18. The Balaban J connectivity index is 1.50. The van der Waals surface area contributed by atoms with Gasteiger partial charge in [-0.15, -0.1) is 0 Å². The maximum absolute atomic E-state index is 5.36. The van der Waals surface area contributed by atoms with Crippen molar-refractivity contribution in [1.29, 1.82) is 0 Å². The van der Waals surface area contributed by atoms with E-state index < -0.39 is 0 Å². The molecule has 112 valence electrons. The van der Waals surface area contributed by atoms with E-state index >= 15 is 0 Å². The molecule has 2 aromatic heterocycles. The van der Waals surface area contributed by atoms with Crippen molar-refractivity contribution in [3.05, 3.63) is 42.0 Å². The van der Waals surface area contributed by atoms with E-state index in [9.17, 15) is 0 Å². The van der Waals surface area contributed by atoms with Gasteiger partial charge in [0.05, 0.1) is 0 Å². The van der Waals surface area contributed by atoms with Gasteiger partial charge in [0, 0.05) is 30.9 Å². The molecule has 0 aliphatic carbocycles. The van der Waals surface area contributed by atoms with Gasteiger partial charge in [-0.05, 0) is 30.7 Å². The van der Waals surface area contributed by atoms with Crippen molar-refractivity contribution in [2.75, 3.05) is 6.79 Å². The number of ether oxygens (including phenoxy) is 2. The van der Waals surface area contributed by atoms with E-state index in [-0.39, 0.29) is 6.79 Å². The average molecular weight is 298 g/mol. The molecule has 3 heterocycles. The summed E-state index contributed by atoms with van der Waals surface area (Å²) in [6, 6.07) is 7.58. The summed E-state index contributed by atoms with van der Waals surface area (Å²) in [6.45, 7) is 0.251. The predicted octanol–water partition coefficient (Wildman–Crippen LogP) is 1.98. The van der Waals surface area contributed by atoms with Gasteiger partial charge < -0.3 is 14.0 Å². The molecule has 0 saturated heterocycles. The highest BCUT2D eigenvalue weighted by atomic mass is 16.7. The Labute approximate surface area is 126 Å². The molecule has 1 aliphatic rings. The fraction of sp³-hybridized carbons (Fsp3) is 0.267. The molecule has 7 nitrogen and oxygen atoms in total. The van der Waals surface area contributed by atoms with E-state index in [1.807, 2.05) is 36.0 Å². The number of fused-ring (bicyclic) bond motifs is 1. The van der Waals surface area contributed by atoms with Gasteiger partial charge in [-0.25, -0.2) is 0 Å². The highest BCUT2D eigenvalue weighted by Gasteiger charge is 2.16. The van der Waals surface area contributed by atoms with E-state index in [2.05, 4.69) is 15.2 Å². The maximum atomic E-state index is 5.36. The van der Waals surface area contributed by atoms with Crippen LogP contribution in [0, 0.1) is 0 Å². The van der Waals surface area contributed by atoms with Crippen LogP contribution in [0.2, 0.25) is 0 Å². The summed E-state index contributed by atoms with van der Waals surface area (Å²) in [7, 11) is 1.92. The molecule has 0 unspecified atom stereocenters. The Kier molecular flexibility index (Phi) is 3.03. The van der Waals surface area contributed by atoms with Crippen molar-refractivity contribution < 1.29 is 14.0 Å². The molecule has 1 aliphatic heterocycles. The van der Waals surface area contributed by atoms with Crippen LogP contribution in [0.15, 0.2) is 35.0 Å². The summed E-state index contributed by atoms with van der Waals surface area (Å²) in [4.78, 5) is 4.43. The number of aryl methyl sites for hydroxylation is 3. The summed E-state index contributed by atoms with van der Waals surface area (Å²) in [5, 5.41) is 8.17. The van der Waals surface area contributed by atoms with E-state index in [4.69, 9.17) is 14.0 Å². The summed E-state index contributed by atoms with van der Waals surface area (Å²) in [5.74, 6) is 2.61. The SMILES string of the molecule is Cn1nccc1CCc1nc(-c2ccc3c(c2)OCO3)no1. The molecular formula is C15H14N4O3. The third kappa shape index (κ3) is 2.30. The molecule has 7 heteroatoms. The smallest absolute Gasteiger partial charge is 0.231 e. The normalized spacial score (nSPS) is 12.8. The first-order chi connectivity index (χ1) is 10.8. The largest absolute Gasteiger partial charge is 0.454 e. The highest BCUT2D eigenvalue weighted by molar-refractivity contribution is 5.61. The van der Waals surface area contributed by atoms with Gasteiger partial charge in [-0.1, -0.05) is 5.16 Å². The molecule has 0 N–H and O–H groups in total. The second-order valence-electron chi connectivity index (χ2n) is 5.03. The van der Waals surface area contributed by atoms with Gasteiger partial charge in [0.15, 0.2) is 11.5 Å². The molecule has 0 bridgehead atoms. The van der Waals surface area contributed by atoms with Crippen molar-refractivity contribution >= 4 is 0 Å². The van der Waals surface area contributed by atoms with Crippen LogP contribution in [0.5, 0.6) is 11.5 Å². The van der Waals surface area contributed by atoms with Gasteiger partial charge in [0.1, 0.15) is 0 Å². The first-order valence-corrected chi connectivity index (χ1v) is 6.99. The highest BCUT2D eigenvalue weighted by Crippen LogP contribution is 2.35. The number of aromatic nitrogens is 4. The lowest BCUT2D eigenvalue weighted by Gasteiger charge is -1.98. The van der Waals surface area contributed by atoms with Crippen LogP contribution in [0.3, 0.4) is 0 Å². The molecule has 0 fully saturated rings. The van der Waals surface area contributed by atoms with E-state index in [1.54, 1.807) is 6.20 Å². The van der Waals surface area contributed by atoms with Crippen LogP contribution in [-0.2, 0) is 19.9 Å². The molecular weight excluding hydrogens is 284 g/mol. The average Bonchev–Trinajstić information content (AvgIpc) is 3.25. The number of benzene rings is 1. The van der Waals surface area contributed by atoms with E-state index in [0.29, 0.717) is 23.9 Å². The lowest BCUT2D eigenvalue weighted by atomic mass is 10.2. The van der Waals surface area contributed by atoms with E-state index in [0.717, 1.165) is 23.4 Å². The van der Waals surface area contributed by atoms with Crippen LogP contribution >= 0.6 is 0 Å². The van der Waals surface area contributed by atoms with Crippen LogP contribution in [-0.4, -0.2) is 26.7 Å². The van der Waals surface area contributed by atoms with Crippen LogP contribution < -0.4 is 9.47 Å². The number of nitrogens with zero attached hydrogens (tertiary/aromatic N) is 4. The fourth-order valence-corrected chi connectivity index (χ4v) is 2.39.